The summed E-state index contributed by atoms with van der Waals surface area (Å²) in [5.74, 6) is 2.29. The van der Waals surface area contributed by atoms with Crippen LogP contribution in [0.1, 0.15) is 32.2 Å². The summed E-state index contributed by atoms with van der Waals surface area (Å²) < 4.78 is 16.7. The second-order valence-electron chi connectivity index (χ2n) is 6.76. The largest absolute Gasteiger partial charge is 0.496 e. The summed E-state index contributed by atoms with van der Waals surface area (Å²) in [6.07, 6.45) is 0. The fraction of sp³-hybridized carbons (Fsp3) is 0.300. The lowest BCUT2D eigenvalue weighted by Gasteiger charge is -2.19. The van der Waals surface area contributed by atoms with Crippen LogP contribution in [0.5, 0.6) is 11.5 Å². The Bertz CT molecular complexity index is 833. The Morgan fingerprint density at radius 2 is 1.68 bits per heavy atom. The van der Waals surface area contributed by atoms with Crippen molar-refractivity contribution in [3.8, 4) is 23.0 Å². The quantitative estimate of drug-likeness (QED) is 0.679. The Kier molecular flexibility index (Phi) is 4.74. The summed E-state index contributed by atoms with van der Waals surface area (Å²) in [5, 5.41) is 8.12. The van der Waals surface area contributed by atoms with E-state index in [1.807, 2.05) is 36.4 Å². The van der Waals surface area contributed by atoms with Gasteiger partial charge < -0.3 is 13.9 Å². The summed E-state index contributed by atoms with van der Waals surface area (Å²) in [7, 11) is 1.61. The van der Waals surface area contributed by atoms with Crippen LogP contribution in [0.15, 0.2) is 52.9 Å². The number of ether oxygens (including phenoxy) is 2. The third-order valence-corrected chi connectivity index (χ3v) is 3.89. The summed E-state index contributed by atoms with van der Waals surface area (Å²) in [4.78, 5) is 0. The van der Waals surface area contributed by atoms with E-state index < -0.39 is 0 Å². The lowest BCUT2D eigenvalue weighted by molar-refractivity contribution is 0.264. The maximum absolute atomic E-state index is 5.74. The van der Waals surface area contributed by atoms with Crippen LogP contribution >= 0.6 is 0 Å². The first-order chi connectivity index (χ1) is 12.0. The normalized spacial score (nSPS) is 11.4. The zero-order chi connectivity index (χ0) is 17.9. The summed E-state index contributed by atoms with van der Waals surface area (Å²) in [5.41, 5.74) is 2.14. The van der Waals surface area contributed by atoms with E-state index in [0.29, 0.717) is 17.5 Å². The number of benzene rings is 2. The second kappa shape index (κ2) is 6.97. The van der Waals surface area contributed by atoms with Crippen molar-refractivity contribution in [1.29, 1.82) is 0 Å². The van der Waals surface area contributed by atoms with Crippen molar-refractivity contribution in [1.82, 2.24) is 10.2 Å². The summed E-state index contributed by atoms with van der Waals surface area (Å²) in [6.45, 7) is 6.76. The molecule has 0 unspecified atom stereocenters. The topological polar surface area (TPSA) is 57.4 Å². The van der Waals surface area contributed by atoms with Gasteiger partial charge in [0, 0.05) is 0 Å². The highest BCUT2D eigenvalue weighted by molar-refractivity contribution is 5.62. The summed E-state index contributed by atoms with van der Waals surface area (Å²) >= 11 is 0. The number of methoxy groups -OCH3 is 1. The molecule has 130 valence electrons. The first-order valence-corrected chi connectivity index (χ1v) is 8.16. The SMILES string of the molecule is COc1ccccc1-c1nnc(COc2ccc(C(C)(C)C)cc2)o1. The maximum atomic E-state index is 5.74. The second-order valence-corrected chi connectivity index (χ2v) is 6.76. The van der Waals surface area contributed by atoms with Gasteiger partial charge in [-0.15, -0.1) is 10.2 Å². The molecule has 0 saturated carbocycles. The smallest absolute Gasteiger partial charge is 0.254 e. The van der Waals surface area contributed by atoms with E-state index in [0.717, 1.165) is 11.3 Å². The van der Waals surface area contributed by atoms with Gasteiger partial charge in [-0.2, -0.15) is 0 Å². The Hall–Kier alpha value is -2.82. The first kappa shape index (κ1) is 17.0. The molecule has 0 saturated heterocycles. The van der Waals surface area contributed by atoms with E-state index in [-0.39, 0.29) is 12.0 Å². The number of para-hydroxylation sites is 1. The van der Waals surface area contributed by atoms with Crippen LogP contribution in [-0.4, -0.2) is 17.3 Å². The number of aromatic nitrogens is 2. The Balaban J connectivity index is 1.68. The van der Waals surface area contributed by atoms with Crippen molar-refractivity contribution in [2.24, 2.45) is 0 Å². The minimum Gasteiger partial charge on any atom is -0.496 e. The molecule has 1 aromatic heterocycles. The highest BCUT2D eigenvalue weighted by Crippen LogP contribution is 2.29. The molecule has 0 N–H and O–H groups in total. The van der Waals surface area contributed by atoms with Crippen LogP contribution in [0, 0.1) is 0 Å². The predicted molar refractivity (Wildman–Crippen MR) is 95.8 cm³/mol. The van der Waals surface area contributed by atoms with Crippen LogP contribution in [0.4, 0.5) is 0 Å². The molecule has 1 heterocycles. The van der Waals surface area contributed by atoms with Gasteiger partial charge in [-0.25, -0.2) is 0 Å². The van der Waals surface area contributed by atoms with Crippen LogP contribution in [0.2, 0.25) is 0 Å². The number of hydrogen-bond donors (Lipinski definition) is 0. The van der Waals surface area contributed by atoms with Gasteiger partial charge in [0.25, 0.3) is 11.8 Å². The minimum atomic E-state index is 0.120. The molecule has 0 aliphatic carbocycles. The molecular weight excluding hydrogens is 316 g/mol. The molecule has 0 atom stereocenters. The molecule has 5 nitrogen and oxygen atoms in total. The fourth-order valence-electron chi connectivity index (χ4n) is 2.44. The first-order valence-electron chi connectivity index (χ1n) is 8.16. The zero-order valence-electron chi connectivity index (χ0n) is 14.9. The molecule has 3 rings (SSSR count). The van der Waals surface area contributed by atoms with Gasteiger partial charge in [0.2, 0.25) is 0 Å². The van der Waals surface area contributed by atoms with Gasteiger partial charge in [0.05, 0.1) is 12.7 Å². The molecular formula is C20H22N2O3. The van der Waals surface area contributed by atoms with Crippen molar-refractivity contribution >= 4 is 0 Å². The molecule has 5 heteroatoms. The standard InChI is InChI=1S/C20H22N2O3/c1-20(2,3)14-9-11-15(12-10-14)24-13-18-21-22-19(25-18)16-7-5-6-8-17(16)23-4/h5-12H,13H2,1-4H3. The van der Waals surface area contributed by atoms with Crippen molar-refractivity contribution in [3.05, 3.63) is 60.0 Å². The lowest BCUT2D eigenvalue weighted by atomic mass is 9.87. The molecule has 0 aliphatic rings. The van der Waals surface area contributed by atoms with E-state index in [9.17, 15) is 0 Å². The molecule has 0 amide bonds. The van der Waals surface area contributed by atoms with Gasteiger partial charge in [0.1, 0.15) is 11.5 Å². The molecule has 2 aromatic carbocycles. The molecule has 0 bridgehead atoms. The van der Waals surface area contributed by atoms with E-state index in [1.54, 1.807) is 7.11 Å². The van der Waals surface area contributed by atoms with Gasteiger partial charge in [-0.05, 0) is 35.2 Å². The van der Waals surface area contributed by atoms with Gasteiger partial charge >= 0.3 is 0 Å². The Morgan fingerprint density at radius 1 is 0.960 bits per heavy atom. The van der Waals surface area contributed by atoms with E-state index >= 15 is 0 Å². The van der Waals surface area contributed by atoms with E-state index in [1.165, 1.54) is 5.56 Å². The number of hydrogen-bond acceptors (Lipinski definition) is 5. The molecule has 0 radical (unpaired) electrons. The average Bonchev–Trinajstić information content (AvgIpc) is 3.08. The van der Waals surface area contributed by atoms with Gasteiger partial charge in [0.15, 0.2) is 6.61 Å². The highest BCUT2D eigenvalue weighted by atomic mass is 16.5. The third-order valence-electron chi connectivity index (χ3n) is 3.89. The Morgan fingerprint density at radius 3 is 2.36 bits per heavy atom. The molecule has 0 spiro atoms. The highest BCUT2D eigenvalue weighted by Gasteiger charge is 2.15. The average molecular weight is 338 g/mol. The van der Waals surface area contributed by atoms with Crippen molar-refractivity contribution in [2.45, 2.75) is 32.8 Å². The zero-order valence-corrected chi connectivity index (χ0v) is 14.9. The monoisotopic (exact) mass is 338 g/mol. The van der Waals surface area contributed by atoms with E-state index in [4.69, 9.17) is 13.9 Å². The Labute approximate surface area is 147 Å². The van der Waals surface area contributed by atoms with Crippen molar-refractivity contribution in [3.63, 3.8) is 0 Å². The van der Waals surface area contributed by atoms with Crippen LogP contribution < -0.4 is 9.47 Å². The molecule has 0 aliphatic heterocycles. The third kappa shape index (κ3) is 3.99. The molecule has 3 aromatic rings. The van der Waals surface area contributed by atoms with E-state index in [2.05, 4.69) is 43.1 Å². The lowest BCUT2D eigenvalue weighted by Crippen LogP contribution is -2.10. The predicted octanol–water partition coefficient (Wildman–Crippen LogP) is 4.62. The van der Waals surface area contributed by atoms with Crippen molar-refractivity contribution in [2.75, 3.05) is 7.11 Å². The summed E-state index contributed by atoms with van der Waals surface area (Å²) in [6, 6.07) is 15.6. The van der Waals surface area contributed by atoms with Gasteiger partial charge in [-0.1, -0.05) is 45.0 Å². The van der Waals surface area contributed by atoms with Gasteiger partial charge in [-0.3, -0.25) is 0 Å². The fourth-order valence-corrected chi connectivity index (χ4v) is 2.44. The minimum absolute atomic E-state index is 0.120. The van der Waals surface area contributed by atoms with Crippen LogP contribution in [0.25, 0.3) is 11.5 Å². The number of nitrogens with zero attached hydrogens (tertiary/aromatic N) is 2. The molecule has 25 heavy (non-hydrogen) atoms. The van der Waals surface area contributed by atoms with Crippen molar-refractivity contribution < 1.29 is 13.9 Å². The maximum Gasteiger partial charge on any atom is 0.254 e. The van der Waals surface area contributed by atoms with Crippen LogP contribution in [-0.2, 0) is 12.0 Å². The van der Waals surface area contributed by atoms with Crippen LogP contribution in [0.3, 0.4) is 0 Å². The molecule has 0 fully saturated rings. The number of rotatable bonds is 5.